The van der Waals surface area contributed by atoms with Crippen molar-refractivity contribution in [2.75, 3.05) is 4.90 Å². The normalized spacial score (nSPS) is 15.1. The van der Waals surface area contributed by atoms with Crippen LogP contribution in [0.2, 0.25) is 0 Å². The van der Waals surface area contributed by atoms with Crippen LogP contribution in [0.4, 0.5) is 5.69 Å². The van der Waals surface area contributed by atoms with Gasteiger partial charge in [0.1, 0.15) is 0 Å². The monoisotopic (exact) mass is 462 g/mol. The van der Waals surface area contributed by atoms with Gasteiger partial charge in [-0.25, -0.2) is 4.79 Å². The fourth-order valence-corrected chi connectivity index (χ4v) is 5.07. The van der Waals surface area contributed by atoms with Crippen molar-refractivity contribution < 1.29 is 14.7 Å². The number of aromatic nitrogens is 1. The minimum Gasteiger partial charge on any atom is -0.478 e. The number of nitrogens with zero attached hydrogens (tertiary/aromatic N) is 2. The number of thioether (sulfide) groups is 1. The molecule has 7 heteroatoms. The minimum absolute atomic E-state index is 0.126. The third-order valence-electron chi connectivity index (χ3n) is 5.67. The molecule has 4 rings (SSSR count). The second-order valence-electron chi connectivity index (χ2n) is 7.80. The number of carbonyl (C=O) groups excluding carboxylic acids is 1. The zero-order valence-corrected chi connectivity index (χ0v) is 19.8. The molecule has 162 valence electrons. The van der Waals surface area contributed by atoms with Crippen molar-refractivity contribution in [2.24, 2.45) is 0 Å². The number of aryl methyl sites for hydroxylation is 3. The maximum atomic E-state index is 13.2. The molecule has 0 radical (unpaired) electrons. The molecular formula is C25H22N2O3S2. The molecule has 2 aromatic carbocycles. The molecule has 5 nitrogen and oxygen atoms in total. The van der Waals surface area contributed by atoms with Crippen molar-refractivity contribution >= 4 is 51.9 Å². The molecule has 1 aliphatic heterocycles. The standard InChI is InChI=1S/C25H22N2O3S2/c1-14-5-8-21(11-15(14)2)27-23(28)22(32-25(27)31)13-19-12-16(3)26(17(19)4)20-9-6-18(7-10-20)24(29)30/h5-13H,1-4H3,(H,29,30)/b22-13+. The van der Waals surface area contributed by atoms with Crippen LogP contribution in [0, 0.1) is 27.7 Å². The van der Waals surface area contributed by atoms with E-state index in [1.54, 1.807) is 29.2 Å². The summed E-state index contributed by atoms with van der Waals surface area (Å²) in [6, 6.07) is 14.7. The molecule has 0 spiro atoms. The quantitative estimate of drug-likeness (QED) is 0.391. The number of hydrogen-bond acceptors (Lipinski definition) is 4. The van der Waals surface area contributed by atoms with E-state index in [0.29, 0.717) is 9.23 Å². The number of carboxylic acids is 1. The highest BCUT2D eigenvalue weighted by atomic mass is 32.2. The first-order valence-electron chi connectivity index (χ1n) is 10.0. The topological polar surface area (TPSA) is 62.5 Å². The van der Waals surface area contributed by atoms with Gasteiger partial charge in [0.05, 0.1) is 16.2 Å². The molecule has 1 aromatic heterocycles. The Kier molecular flexibility index (Phi) is 5.79. The Bertz CT molecular complexity index is 1300. The van der Waals surface area contributed by atoms with Crippen molar-refractivity contribution in [3.63, 3.8) is 0 Å². The summed E-state index contributed by atoms with van der Waals surface area (Å²) in [5.74, 6) is -1.08. The lowest BCUT2D eigenvalue weighted by atomic mass is 10.1. The molecule has 0 atom stereocenters. The van der Waals surface area contributed by atoms with Crippen LogP contribution < -0.4 is 4.90 Å². The fraction of sp³-hybridized carbons (Fsp3) is 0.160. The molecule has 0 unspecified atom stereocenters. The lowest BCUT2D eigenvalue weighted by molar-refractivity contribution is -0.113. The van der Waals surface area contributed by atoms with Gasteiger partial charge in [0.15, 0.2) is 4.32 Å². The van der Waals surface area contributed by atoms with Gasteiger partial charge in [-0.1, -0.05) is 30.0 Å². The van der Waals surface area contributed by atoms with E-state index in [2.05, 4.69) is 0 Å². The number of hydrogen-bond donors (Lipinski definition) is 1. The SMILES string of the molecule is Cc1ccc(N2C(=O)/C(=C\c3cc(C)n(-c4ccc(C(=O)O)cc4)c3C)SC2=S)cc1C. The van der Waals surface area contributed by atoms with E-state index in [9.17, 15) is 9.59 Å². The third-order valence-corrected chi connectivity index (χ3v) is 6.97. The molecule has 1 N–H and O–H groups in total. The highest BCUT2D eigenvalue weighted by molar-refractivity contribution is 8.27. The van der Waals surface area contributed by atoms with Gasteiger partial charge in [-0.3, -0.25) is 9.69 Å². The van der Waals surface area contributed by atoms with Crippen LogP contribution in [-0.2, 0) is 4.79 Å². The van der Waals surface area contributed by atoms with Crippen LogP contribution in [0.3, 0.4) is 0 Å². The van der Waals surface area contributed by atoms with E-state index in [1.165, 1.54) is 17.3 Å². The van der Waals surface area contributed by atoms with Crippen molar-refractivity contribution in [3.8, 4) is 5.69 Å². The summed E-state index contributed by atoms with van der Waals surface area (Å²) in [6.45, 7) is 8.02. The predicted octanol–water partition coefficient (Wildman–Crippen LogP) is 5.81. The maximum absolute atomic E-state index is 13.2. The highest BCUT2D eigenvalue weighted by Crippen LogP contribution is 2.37. The zero-order valence-electron chi connectivity index (χ0n) is 18.2. The molecular weight excluding hydrogens is 440 g/mol. The number of rotatable bonds is 4. The van der Waals surface area contributed by atoms with Gasteiger partial charge < -0.3 is 9.67 Å². The zero-order chi connectivity index (χ0) is 23.2. The van der Waals surface area contributed by atoms with E-state index < -0.39 is 5.97 Å². The summed E-state index contributed by atoms with van der Waals surface area (Å²) in [5.41, 5.74) is 7.03. The van der Waals surface area contributed by atoms with Crippen molar-refractivity contribution in [3.05, 3.63) is 87.1 Å². The summed E-state index contributed by atoms with van der Waals surface area (Å²) in [6.07, 6.45) is 1.88. The molecule has 32 heavy (non-hydrogen) atoms. The first-order chi connectivity index (χ1) is 15.2. The van der Waals surface area contributed by atoms with Crippen LogP contribution in [0.15, 0.2) is 53.4 Å². The molecule has 0 bridgehead atoms. The first kappa shape index (κ1) is 22.0. The first-order valence-corrected chi connectivity index (χ1v) is 11.3. The number of carbonyl (C=O) groups is 2. The number of benzene rings is 2. The van der Waals surface area contributed by atoms with E-state index in [-0.39, 0.29) is 11.5 Å². The Balaban J connectivity index is 1.68. The van der Waals surface area contributed by atoms with Gasteiger partial charge in [-0.2, -0.15) is 0 Å². The van der Waals surface area contributed by atoms with E-state index in [1.807, 2.05) is 62.6 Å². The van der Waals surface area contributed by atoms with E-state index >= 15 is 0 Å². The smallest absolute Gasteiger partial charge is 0.335 e. The predicted molar refractivity (Wildman–Crippen MR) is 134 cm³/mol. The summed E-state index contributed by atoms with van der Waals surface area (Å²) < 4.78 is 2.56. The van der Waals surface area contributed by atoms with Crippen molar-refractivity contribution in [1.29, 1.82) is 0 Å². The Morgan fingerprint density at radius 1 is 0.969 bits per heavy atom. The van der Waals surface area contributed by atoms with Crippen LogP contribution in [-0.4, -0.2) is 25.9 Å². The van der Waals surface area contributed by atoms with E-state index in [4.69, 9.17) is 17.3 Å². The largest absolute Gasteiger partial charge is 0.478 e. The number of amides is 1. The third kappa shape index (κ3) is 3.89. The molecule has 2 heterocycles. The van der Waals surface area contributed by atoms with E-state index in [0.717, 1.165) is 33.9 Å². The highest BCUT2D eigenvalue weighted by Gasteiger charge is 2.33. The molecule has 0 aliphatic carbocycles. The molecule has 3 aromatic rings. The molecule has 1 amide bonds. The average Bonchev–Trinajstić information content (AvgIpc) is 3.18. The maximum Gasteiger partial charge on any atom is 0.335 e. The second kappa shape index (κ2) is 8.41. The number of anilines is 1. The number of thiocarbonyl (C=S) groups is 1. The molecule has 0 saturated carbocycles. The molecule has 1 aliphatic rings. The lowest BCUT2D eigenvalue weighted by Gasteiger charge is -2.15. The van der Waals surface area contributed by atoms with Gasteiger partial charge in [0.2, 0.25) is 0 Å². The van der Waals surface area contributed by atoms with Gasteiger partial charge in [0.25, 0.3) is 5.91 Å². The van der Waals surface area contributed by atoms with Crippen molar-refractivity contribution in [2.45, 2.75) is 27.7 Å². The Morgan fingerprint density at radius 3 is 2.25 bits per heavy atom. The Hall–Kier alpha value is -3.16. The number of carboxylic acid groups (broad SMARTS) is 1. The molecule has 1 saturated heterocycles. The fourth-order valence-electron chi connectivity index (χ4n) is 3.78. The lowest BCUT2D eigenvalue weighted by Crippen LogP contribution is -2.27. The summed E-state index contributed by atoms with van der Waals surface area (Å²) >= 11 is 6.82. The van der Waals surface area contributed by atoms with Crippen LogP contribution in [0.1, 0.15) is 38.4 Å². The van der Waals surface area contributed by atoms with Crippen LogP contribution >= 0.6 is 24.0 Å². The molecule has 1 fully saturated rings. The van der Waals surface area contributed by atoms with Crippen molar-refractivity contribution in [1.82, 2.24) is 4.57 Å². The van der Waals surface area contributed by atoms with Crippen LogP contribution in [0.5, 0.6) is 0 Å². The second-order valence-corrected chi connectivity index (χ2v) is 9.48. The van der Waals surface area contributed by atoms with Gasteiger partial charge in [0, 0.05) is 17.1 Å². The summed E-state index contributed by atoms with van der Waals surface area (Å²) in [7, 11) is 0. The Labute approximate surface area is 196 Å². The van der Waals surface area contributed by atoms with Gasteiger partial charge in [-0.15, -0.1) is 0 Å². The Morgan fingerprint density at radius 2 is 1.62 bits per heavy atom. The van der Waals surface area contributed by atoms with Gasteiger partial charge in [-0.05, 0) is 92.9 Å². The summed E-state index contributed by atoms with van der Waals surface area (Å²) in [5, 5.41) is 9.13. The minimum atomic E-state index is -0.955. The number of aromatic carboxylic acids is 1. The van der Waals surface area contributed by atoms with Gasteiger partial charge >= 0.3 is 5.97 Å². The summed E-state index contributed by atoms with van der Waals surface area (Å²) in [4.78, 5) is 26.5. The van der Waals surface area contributed by atoms with Crippen LogP contribution in [0.25, 0.3) is 11.8 Å². The average molecular weight is 463 g/mol.